The molecule has 1 aromatic carbocycles. The van der Waals surface area contributed by atoms with E-state index in [9.17, 15) is 4.79 Å². The molecule has 2 aromatic rings. The van der Waals surface area contributed by atoms with E-state index >= 15 is 0 Å². The molecule has 5 heteroatoms. The fourth-order valence-electron chi connectivity index (χ4n) is 3.24. The summed E-state index contributed by atoms with van der Waals surface area (Å²) in [4.78, 5) is 22.6. The lowest BCUT2D eigenvalue weighted by Crippen LogP contribution is -2.38. The van der Waals surface area contributed by atoms with Gasteiger partial charge in [0.1, 0.15) is 11.6 Å². The van der Waals surface area contributed by atoms with Gasteiger partial charge in [-0.2, -0.15) is 0 Å². The smallest absolute Gasteiger partial charge is 0.167 e. The van der Waals surface area contributed by atoms with Crippen LogP contribution in [0.3, 0.4) is 0 Å². The number of benzene rings is 1. The maximum Gasteiger partial charge on any atom is 0.167 e. The van der Waals surface area contributed by atoms with Gasteiger partial charge in [0.15, 0.2) is 5.78 Å². The summed E-state index contributed by atoms with van der Waals surface area (Å²) in [6, 6.07) is 7.56. The fourth-order valence-corrected chi connectivity index (χ4v) is 3.24. The van der Waals surface area contributed by atoms with Crippen LogP contribution in [0.25, 0.3) is 0 Å². The Hall–Kier alpha value is -2.14. The first-order chi connectivity index (χ1) is 11.6. The first-order valence-electron chi connectivity index (χ1n) is 8.63. The number of carbonyl (C=O) groups is 1. The number of aromatic amines is 1. The van der Waals surface area contributed by atoms with Crippen LogP contribution in [0.1, 0.15) is 42.9 Å². The maximum atomic E-state index is 12.9. The van der Waals surface area contributed by atoms with Crippen molar-refractivity contribution in [2.75, 3.05) is 13.1 Å². The zero-order chi connectivity index (χ0) is 16.9. The number of imidazole rings is 1. The van der Waals surface area contributed by atoms with E-state index in [0.717, 1.165) is 49.6 Å². The molecule has 3 rings (SSSR count). The van der Waals surface area contributed by atoms with Gasteiger partial charge in [-0.15, -0.1) is 0 Å². The third-order valence-electron chi connectivity index (χ3n) is 4.29. The van der Waals surface area contributed by atoms with E-state index in [1.165, 1.54) is 0 Å². The number of nitrogens with zero attached hydrogens (tertiary/aromatic N) is 2. The van der Waals surface area contributed by atoms with Crippen LogP contribution in [-0.4, -0.2) is 39.8 Å². The summed E-state index contributed by atoms with van der Waals surface area (Å²) in [6.07, 6.45) is 5.70. The van der Waals surface area contributed by atoms with Gasteiger partial charge in [-0.3, -0.25) is 9.69 Å². The predicted molar refractivity (Wildman–Crippen MR) is 93.1 cm³/mol. The molecule has 0 radical (unpaired) electrons. The molecule has 0 amide bonds. The van der Waals surface area contributed by atoms with Crippen LogP contribution >= 0.6 is 0 Å². The van der Waals surface area contributed by atoms with Gasteiger partial charge in [0.25, 0.3) is 0 Å². The number of hydrogen-bond donors (Lipinski definition) is 1. The van der Waals surface area contributed by atoms with Crippen LogP contribution in [-0.2, 0) is 6.54 Å². The molecule has 0 saturated carbocycles. The fraction of sp³-hybridized carbons (Fsp3) is 0.474. The highest BCUT2D eigenvalue weighted by atomic mass is 16.5. The molecule has 1 aliphatic rings. The second-order valence-electron chi connectivity index (χ2n) is 6.67. The Labute approximate surface area is 143 Å². The number of rotatable bonds is 6. The molecule has 1 N–H and O–H groups in total. The van der Waals surface area contributed by atoms with Crippen molar-refractivity contribution in [2.45, 2.75) is 39.3 Å². The van der Waals surface area contributed by atoms with Crippen molar-refractivity contribution in [2.24, 2.45) is 5.92 Å². The van der Waals surface area contributed by atoms with Crippen molar-refractivity contribution >= 4 is 5.78 Å². The van der Waals surface area contributed by atoms with Crippen molar-refractivity contribution in [3.8, 4) is 5.75 Å². The van der Waals surface area contributed by atoms with E-state index in [4.69, 9.17) is 4.74 Å². The second kappa shape index (κ2) is 7.62. The predicted octanol–water partition coefficient (Wildman–Crippen LogP) is 3.29. The van der Waals surface area contributed by atoms with Crippen LogP contribution in [0, 0.1) is 5.92 Å². The zero-order valence-corrected chi connectivity index (χ0v) is 14.4. The molecule has 1 unspecified atom stereocenters. The number of ketones is 1. The van der Waals surface area contributed by atoms with Crippen molar-refractivity contribution in [1.82, 2.24) is 14.9 Å². The monoisotopic (exact) mass is 327 g/mol. The number of hydrogen-bond acceptors (Lipinski definition) is 4. The molecule has 0 spiro atoms. The second-order valence-corrected chi connectivity index (χ2v) is 6.67. The van der Waals surface area contributed by atoms with E-state index in [0.29, 0.717) is 0 Å². The van der Waals surface area contributed by atoms with Crippen LogP contribution in [0.4, 0.5) is 0 Å². The number of Topliss-reactive ketones (excluding diaryl/α,β-unsaturated/α-hetero) is 1. The molecule has 1 aliphatic heterocycles. The summed E-state index contributed by atoms with van der Waals surface area (Å²) in [5, 5.41) is 0. The highest BCUT2D eigenvalue weighted by molar-refractivity contribution is 5.98. The first-order valence-corrected chi connectivity index (χ1v) is 8.63. The summed E-state index contributed by atoms with van der Waals surface area (Å²) in [5.41, 5.74) is 0.748. The molecule has 128 valence electrons. The molecular formula is C19H25N3O2. The SMILES string of the molecule is CC(C)Oc1cccc(C(=O)C2CCCN(Cc3ncc[nH]3)C2)c1. The average molecular weight is 327 g/mol. The number of H-pyrrole nitrogens is 1. The lowest BCUT2D eigenvalue weighted by molar-refractivity contribution is 0.0808. The Balaban J connectivity index is 1.65. The molecule has 24 heavy (non-hydrogen) atoms. The summed E-state index contributed by atoms with van der Waals surface area (Å²) < 4.78 is 5.71. The molecule has 1 fully saturated rings. The first kappa shape index (κ1) is 16.7. The Morgan fingerprint density at radius 3 is 3.08 bits per heavy atom. The highest BCUT2D eigenvalue weighted by Crippen LogP contribution is 2.24. The Morgan fingerprint density at radius 2 is 2.33 bits per heavy atom. The van der Waals surface area contributed by atoms with Gasteiger partial charge in [0.05, 0.1) is 12.6 Å². The lowest BCUT2D eigenvalue weighted by Gasteiger charge is -2.31. The molecule has 5 nitrogen and oxygen atoms in total. The van der Waals surface area contributed by atoms with Gasteiger partial charge in [0, 0.05) is 30.4 Å². The standard InChI is InChI=1S/C19H25N3O2/c1-14(2)24-17-7-3-5-15(11-17)19(23)16-6-4-10-22(12-16)13-18-20-8-9-21-18/h3,5,7-9,11,14,16H,4,6,10,12-13H2,1-2H3,(H,20,21). The minimum Gasteiger partial charge on any atom is -0.491 e. The van der Waals surface area contributed by atoms with Crippen molar-refractivity contribution in [1.29, 1.82) is 0 Å². The highest BCUT2D eigenvalue weighted by Gasteiger charge is 2.27. The quantitative estimate of drug-likeness (QED) is 0.827. The molecule has 1 aromatic heterocycles. The minimum absolute atomic E-state index is 0.0445. The lowest BCUT2D eigenvalue weighted by atomic mass is 9.90. The maximum absolute atomic E-state index is 12.9. The van der Waals surface area contributed by atoms with Crippen molar-refractivity contribution in [3.05, 3.63) is 48.0 Å². The van der Waals surface area contributed by atoms with Gasteiger partial charge in [-0.25, -0.2) is 4.98 Å². The van der Waals surface area contributed by atoms with Crippen molar-refractivity contribution < 1.29 is 9.53 Å². The van der Waals surface area contributed by atoms with Crippen LogP contribution in [0.5, 0.6) is 5.75 Å². The zero-order valence-electron chi connectivity index (χ0n) is 14.4. The molecule has 0 bridgehead atoms. The van der Waals surface area contributed by atoms with Gasteiger partial charge in [-0.05, 0) is 45.4 Å². The largest absolute Gasteiger partial charge is 0.491 e. The van der Waals surface area contributed by atoms with E-state index in [1.807, 2.05) is 44.3 Å². The van der Waals surface area contributed by atoms with Crippen LogP contribution < -0.4 is 4.74 Å². The Morgan fingerprint density at radius 1 is 1.46 bits per heavy atom. The normalized spacial score (nSPS) is 18.7. The number of piperidine rings is 1. The average Bonchev–Trinajstić information content (AvgIpc) is 3.07. The number of aromatic nitrogens is 2. The third kappa shape index (κ3) is 4.23. The number of nitrogens with one attached hydrogen (secondary N) is 1. The van der Waals surface area contributed by atoms with Gasteiger partial charge < -0.3 is 9.72 Å². The van der Waals surface area contributed by atoms with Gasteiger partial charge in [-0.1, -0.05) is 12.1 Å². The molecule has 2 heterocycles. The molecular weight excluding hydrogens is 302 g/mol. The van der Waals surface area contributed by atoms with E-state index < -0.39 is 0 Å². The number of carbonyl (C=O) groups excluding carboxylic acids is 1. The number of likely N-dealkylation sites (tertiary alicyclic amines) is 1. The van der Waals surface area contributed by atoms with E-state index in [-0.39, 0.29) is 17.8 Å². The molecule has 1 atom stereocenters. The van der Waals surface area contributed by atoms with Gasteiger partial charge >= 0.3 is 0 Å². The molecule has 1 saturated heterocycles. The number of ether oxygens (including phenoxy) is 1. The van der Waals surface area contributed by atoms with Crippen LogP contribution in [0.2, 0.25) is 0 Å². The van der Waals surface area contributed by atoms with Crippen LogP contribution in [0.15, 0.2) is 36.7 Å². The Bertz CT molecular complexity index is 667. The third-order valence-corrected chi connectivity index (χ3v) is 4.29. The minimum atomic E-state index is 0.0445. The molecule has 0 aliphatic carbocycles. The van der Waals surface area contributed by atoms with E-state index in [2.05, 4.69) is 14.9 Å². The summed E-state index contributed by atoms with van der Waals surface area (Å²) in [7, 11) is 0. The Kier molecular flexibility index (Phi) is 5.30. The summed E-state index contributed by atoms with van der Waals surface area (Å²) in [6.45, 7) is 6.55. The topological polar surface area (TPSA) is 58.2 Å². The summed E-state index contributed by atoms with van der Waals surface area (Å²) >= 11 is 0. The van der Waals surface area contributed by atoms with Gasteiger partial charge in [0.2, 0.25) is 0 Å². The van der Waals surface area contributed by atoms with E-state index in [1.54, 1.807) is 6.20 Å². The van der Waals surface area contributed by atoms with Crippen molar-refractivity contribution in [3.63, 3.8) is 0 Å². The summed E-state index contributed by atoms with van der Waals surface area (Å²) in [5.74, 6) is 1.98.